The number of para-hydroxylation sites is 4. The van der Waals surface area contributed by atoms with Gasteiger partial charge >= 0.3 is 0 Å². The lowest BCUT2D eigenvalue weighted by molar-refractivity contribution is 1.07. The standard InChI is InChI=1S/C38H22N4S/c1-6-16-31-23(10-1)26-20-21-27-24-11-2-7-17-32(24)42(35-22-39-29-14-4-5-15-30(29)40-35)37(27)36(26)41(31)33-18-9-13-28-25-12-3-8-19-34(25)43-38(28)33/h1-22H. The molecule has 0 saturated heterocycles. The van der Waals surface area contributed by atoms with Gasteiger partial charge in [0.25, 0.3) is 0 Å². The van der Waals surface area contributed by atoms with Crippen LogP contribution in [0.2, 0.25) is 0 Å². The van der Waals surface area contributed by atoms with Gasteiger partial charge in [-0.05, 0) is 36.4 Å². The molecule has 0 fully saturated rings. The van der Waals surface area contributed by atoms with Crippen LogP contribution in [0.1, 0.15) is 0 Å². The van der Waals surface area contributed by atoms with E-state index in [4.69, 9.17) is 9.97 Å². The molecule has 5 heteroatoms. The van der Waals surface area contributed by atoms with Crippen molar-refractivity contribution in [3.63, 3.8) is 0 Å². The van der Waals surface area contributed by atoms with Crippen molar-refractivity contribution in [2.75, 3.05) is 0 Å². The van der Waals surface area contributed by atoms with Gasteiger partial charge in [0.1, 0.15) is 0 Å². The van der Waals surface area contributed by atoms with Crippen LogP contribution in [-0.2, 0) is 0 Å². The van der Waals surface area contributed by atoms with Crippen molar-refractivity contribution in [3.05, 3.63) is 134 Å². The lowest BCUT2D eigenvalue weighted by atomic mass is 10.1. The Labute approximate surface area is 249 Å². The van der Waals surface area contributed by atoms with Gasteiger partial charge in [0.05, 0.1) is 49.7 Å². The van der Waals surface area contributed by atoms with Crippen LogP contribution in [-0.4, -0.2) is 19.1 Å². The van der Waals surface area contributed by atoms with Crippen LogP contribution in [0.25, 0.3) is 86.3 Å². The molecule has 10 aromatic rings. The first-order chi connectivity index (χ1) is 21.3. The largest absolute Gasteiger partial charge is 0.306 e. The van der Waals surface area contributed by atoms with Crippen LogP contribution in [0.15, 0.2) is 134 Å². The summed E-state index contributed by atoms with van der Waals surface area (Å²) in [6, 6.07) is 45.5. The van der Waals surface area contributed by atoms with E-state index >= 15 is 0 Å². The Morgan fingerprint density at radius 2 is 1.07 bits per heavy atom. The number of nitrogens with zero attached hydrogens (tertiary/aromatic N) is 4. The van der Waals surface area contributed by atoms with Crippen molar-refractivity contribution in [2.24, 2.45) is 0 Å². The molecule has 0 aliphatic rings. The van der Waals surface area contributed by atoms with Gasteiger partial charge in [-0.2, -0.15) is 0 Å². The van der Waals surface area contributed by atoms with Gasteiger partial charge in [-0.3, -0.25) is 9.55 Å². The molecule has 0 aliphatic carbocycles. The molecule has 0 N–H and O–H groups in total. The number of aromatic nitrogens is 4. The zero-order valence-corrected chi connectivity index (χ0v) is 23.7. The fourth-order valence-electron chi connectivity index (χ4n) is 6.95. The average Bonchev–Trinajstić information content (AvgIpc) is 3.72. The Morgan fingerprint density at radius 3 is 1.86 bits per heavy atom. The van der Waals surface area contributed by atoms with E-state index in [1.165, 1.54) is 58.4 Å². The molecule has 0 unspecified atom stereocenters. The molecule has 6 aromatic carbocycles. The molecule has 43 heavy (non-hydrogen) atoms. The Kier molecular flexibility index (Phi) is 4.57. The summed E-state index contributed by atoms with van der Waals surface area (Å²) in [6.07, 6.45) is 1.91. The third-order valence-corrected chi connectivity index (χ3v) is 9.97. The highest BCUT2D eigenvalue weighted by Gasteiger charge is 2.23. The Hall–Kier alpha value is -5.52. The maximum absolute atomic E-state index is 5.15. The van der Waals surface area contributed by atoms with Crippen LogP contribution in [0, 0.1) is 0 Å². The maximum atomic E-state index is 5.15. The van der Waals surface area contributed by atoms with Gasteiger partial charge in [-0.15, -0.1) is 11.3 Å². The van der Waals surface area contributed by atoms with Crippen molar-refractivity contribution in [2.45, 2.75) is 0 Å². The van der Waals surface area contributed by atoms with Crippen LogP contribution in [0.4, 0.5) is 0 Å². The van der Waals surface area contributed by atoms with E-state index in [1.54, 1.807) is 0 Å². The molecule has 0 radical (unpaired) electrons. The van der Waals surface area contributed by atoms with Gasteiger partial charge in [-0.25, -0.2) is 4.98 Å². The quantitative estimate of drug-likeness (QED) is 0.209. The molecular weight excluding hydrogens is 545 g/mol. The number of thiophene rings is 1. The number of benzene rings is 6. The highest BCUT2D eigenvalue weighted by atomic mass is 32.1. The molecule has 0 saturated carbocycles. The number of fused-ring (bicyclic) bond motifs is 11. The Balaban J connectivity index is 1.44. The summed E-state index contributed by atoms with van der Waals surface area (Å²) in [7, 11) is 0. The molecule has 0 spiro atoms. The summed E-state index contributed by atoms with van der Waals surface area (Å²) in [4.78, 5) is 9.98. The molecule has 10 rings (SSSR count). The third kappa shape index (κ3) is 3.09. The summed E-state index contributed by atoms with van der Waals surface area (Å²) in [5.41, 5.74) is 7.59. The summed E-state index contributed by atoms with van der Waals surface area (Å²) < 4.78 is 7.38. The number of hydrogen-bond acceptors (Lipinski definition) is 3. The Bertz CT molecular complexity index is 2740. The van der Waals surface area contributed by atoms with Gasteiger partial charge in [-0.1, -0.05) is 91.0 Å². The van der Waals surface area contributed by atoms with E-state index in [-0.39, 0.29) is 0 Å². The highest BCUT2D eigenvalue weighted by molar-refractivity contribution is 7.26. The molecule has 200 valence electrons. The van der Waals surface area contributed by atoms with Crippen molar-refractivity contribution >= 4 is 86.2 Å². The first-order valence-electron chi connectivity index (χ1n) is 14.4. The summed E-state index contributed by atoms with van der Waals surface area (Å²) in [5.74, 6) is 0.814. The molecule has 0 aliphatic heterocycles. The van der Waals surface area contributed by atoms with E-state index in [9.17, 15) is 0 Å². The molecule has 0 bridgehead atoms. The minimum atomic E-state index is 0.814. The van der Waals surface area contributed by atoms with E-state index in [2.05, 4.69) is 112 Å². The van der Waals surface area contributed by atoms with E-state index in [0.29, 0.717) is 0 Å². The SMILES string of the molecule is c1ccc2nc(-n3c4ccccc4c4ccc5c6ccccc6n(-c6cccc7c6sc6ccccc67)c5c43)cnc2c1. The smallest absolute Gasteiger partial charge is 0.156 e. The predicted molar refractivity (Wildman–Crippen MR) is 181 cm³/mol. The fourth-order valence-corrected chi connectivity index (χ4v) is 8.16. The first kappa shape index (κ1) is 23.1. The summed E-state index contributed by atoms with van der Waals surface area (Å²) in [5, 5.41) is 7.45. The van der Waals surface area contributed by atoms with Crippen molar-refractivity contribution in [3.8, 4) is 11.5 Å². The van der Waals surface area contributed by atoms with Gasteiger partial charge < -0.3 is 4.57 Å². The fraction of sp³-hybridized carbons (Fsp3) is 0. The molecule has 4 aromatic heterocycles. The summed E-state index contributed by atoms with van der Waals surface area (Å²) in [6.45, 7) is 0. The topological polar surface area (TPSA) is 35.6 Å². The third-order valence-electron chi connectivity index (χ3n) is 8.76. The lowest BCUT2D eigenvalue weighted by Gasteiger charge is -2.13. The first-order valence-corrected chi connectivity index (χ1v) is 15.2. The lowest BCUT2D eigenvalue weighted by Crippen LogP contribution is -2.01. The van der Waals surface area contributed by atoms with Crippen molar-refractivity contribution < 1.29 is 0 Å². The van der Waals surface area contributed by atoms with Gasteiger partial charge in [0.2, 0.25) is 0 Å². The van der Waals surface area contributed by atoms with Crippen LogP contribution < -0.4 is 0 Å². The minimum Gasteiger partial charge on any atom is -0.306 e. The molecule has 0 amide bonds. The second-order valence-corrected chi connectivity index (χ2v) is 12.1. The molecular formula is C38H22N4S. The van der Waals surface area contributed by atoms with Crippen molar-refractivity contribution in [1.29, 1.82) is 0 Å². The zero-order chi connectivity index (χ0) is 28.1. The van der Waals surface area contributed by atoms with E-state index in [1.807, 2.05) is 41.8 Å². The molecule has 0 atom stereocenters. The van der Waals surface area contributed by atoms with Crippen molar-refractivity contribution in [1.82, 2.24) is 19.1 Å². The van der Waals surface area contributed by atoms with Crippen LogP contribution in [0.5, 0.6) is 0 Å². The number of rotatable bonds is 2. The van der Waals surface area contributed by atoms with E-state index < -0.39 is 0 Å². The maximum Gasteiger partial charge on any atom is 0.156 e. The van der Waals surface area contributed by atoms with Gasteiger partial charge in [0.15, 0.2) is 5.82 Å². The van der Waals surface area contributed by atoms with Crippen LogP contribution in [0.3, 0.4) is 0 Å². The molecule has 4 heterocycles. The zero-order valence-electron chi connectivity index (χ0n) is 22.9. The average molecular weight is 567 g/mol. The van der Waals surface area contributed by atoms with E-state index in [0.717, 1.165) is 27.9 Å². The summed E-state index contributed by atoms with van der Waals surface area (Å²) >= 11 is 1.87. The predicted octanol–water partition coefficient (Wildman–Crippen LogP) is 10.2. The minimum absolute atomic E-state index is 0.814. The van der Waals surface area contributed by atoms with Crippen LogP contribution >= 0.6 is 11.3 Å². The highest BCUT2D eigenvalue weighted by Crippen LogP contribution is 2.44. The molecule has 4 nitrogen and oxygen atoms in total. The Morgan fingerprint density at radius 1 is 0.465 bits per heavy atom. The van der Waals surface area contributed by atoms with Gasteiger partial charge in [0, 0.05) is 37.0 Å². The number of hydrogen-bond donors (Lipinski definition) is 0. The monoisotopic (exact) mass is 566 g/mol. The second-order valence-electron chi connectivity index (χ2n) is 11.0. The normalized spacial score (nSPS) is 12.2. The second kappa shape index (κ2) is 8.51.